The number of ether oxygens (including phenoxy) is 2. The van der Waals surface area contributed by atoms with E-state index < -0.39 is 12.1 Å². The smallest absolute Gasteiger partial charge is 0.407 e. The highest BCUT2D eigenvalue weighted by molar-refractivity contribution is 5.93. The number of carboxylic acids is 1. The maximum Gasteiger partial charge on any atom is 0.407 e. The highest BCUT2D eigenvalue weighted by atomic mass is 16.5. The van der Waals surface area contributed by atoms with E-state index in [9.17, 15) is 14.7 Å². The van der Waals surface area contributed by atoms with E-state index in [1.807, 2.05) is 48.5 Å². The molecule has 0 saturated carbocycles. The molecule has 36 heavy (non-hydrogen) atoms. The fourth-order valence-electron chi connectivity index (χ4n) is 3.98. The van der Waals surface area contributed by atoms with Gasteiger partial charge in [-0.1, -0.05) is 36.4 Å². The van der Waals surface area contributed by atoms with Crippen LogP contribution in [0.15, 0.2) is 71.1 Å². The molecule has 0 atom stereocenters. The van der Waals surface area contributed by atoms with Gasteiger partial charge in [-0.15, -0.1) is 0 Å². The van der Waals surface area contributed by atoms with Crippen molar-refractivity contribution in [2.45, 2.75) is 33.0 Å². The number of carbonyl (C=O) groups excluding carboxylic acids is 1. The molecule has 4 N–H and O–H groups in total. The van der Waals surface area contributed by atoms with E-state index in [2.05, 4.69) is 5.32 Å². The Bertz CT molecular complexity index is 1380. The first kappa shape index (κ1) is 24.8. The fourth-order valence-corrected chi connectivity index (χ4v) is 3.98. The number of furan rings is 1. The summed E-state index contributed by atoms with van der Waals surface area (Å²) in [6.07, 6.45) is -0.631. The first-order chi connectivity index (χ1) is 17.5. The van der Waals surface area contributed by atoms with Crippen molar-refractivity contribution in [3.63, 3.8) is 0 Å². The topological polar surface area (TPSA) is 124 Å². The summed E-state index contributed by atoms with van der Waals surface area (Å²) in [5.41, 5.74) is 10.8. The maximum atomic E-state index is 11.7. The van der Waals surface area contributed by atoms with Gasteiger partial charge in [0.05, 0.1) is 19.6 Å². The molecular weight excluding hydrogens is 460 g/mol. The third kappa shape index (κ3) is 6.03. The summed E-state index contributed by atoms with van der Waals surface area (Å²) in [5, 5.41) is 12.7. The van der Waals surface area contributed by atoms with Gasteiger partial charge in [0.2, 0.25) is 0 Å². The van der Waals surface area contributed by atoms with E-state index >= 15 is 0 Å². The van der Waals surface area contributed by atoms with Gasteiger partial charge in [0.25, 0.3) is 0 Å². The van der Waals surface area contributed by atoms with Gasteiger partial charge in [0.1, 0.15) is 23.7 Å². The number of nitrogens with two attached hydrogens (primary N) is 1. The lowest BCUT2D eigenvalue weighted by atomic mass is 9.99. The number of nitrogens with one attached hydrogen (secondary N) is 1. The Morgan fingerprint density at radius 2 is 1.86 bits per heavy atom. The molecule has 1 heterocycles. The van der Waals surface area contributed by atoms with E-state index in [0.29, 0.717) is 29.2 Å². The molecule has 8 nitrogen and oxygen atoms in total. The molecule has 3 aromatic carbocycles. The first-order valence-electron chi connectivity index (χ1n) is 11.6. The van der Waals surface area contributed by atoms with E-state index in [1.165, 1.54) is 0 Å². The van der Waals surface area contributed by atoms with Gasteiger partial charge < -0.3 is 30.0 Å². The summed E-state index contributed by atoms with van der Waals surface area (Å²) >= 11 is 0. The van der Waals surface area contributed by atoms with Crippen LogP contribution >= 0.6 is 0 Å². The Labute approximate surface area is 208 Å². The first-order valence-corrected chi connectivity index (χ1v) is 11.6. The van der Waals surface area contributed by atoms with Crippen molar-refractivity contribution in [3.05, 3.63) is 89.2 Å². The van der Waals surface area contributed by atoms with Crippen LogP contribution in [0.2, 0.25) is 0 Å². The van der Waals surface area contributed by atoms with Crippen LogP contribution in [0, 0.1) is 0 Å². The van der Waals surface area contributed by atoms with Crippen molar-refractivity contribution < 1.29 is 28.6 Å². The molecule has 0 fully saturated rings. The highest BCUT2D eigenvalue weighted by Gasteiger charge is 2.15. The third-order valence-corrected chi connectivity index (χ3v) is 5.59. The number of alkyl carbamates (subject to hydrolysis) is 1. The van der Waals surface area contributed by atoms with Crippen molar-refractivity contribution in [2.75, 3.05) is 6.61 Å². The van der Waals surface area contributed by atoms with Gasteiger partial charge in [-0.2, -0.15) is 0 Å². The van der Waals surface area contributed by atoms with Gasteiger partial charge in [-0.05, 0) is 53.9 Å². The summed E-state index contributed by atoms with van der Waals surface area (Å²) in [6.45, 7) is 2.85. The molecule has 0 aliphatic heterocycles. The standard InChI is InChI=1S/C28H28N2O6/c1-2-34-28(33)30-16-23-13-22-11-19(17-35-25-9-4-3-7-21(25)14-26(31)32)12-24(27(22)36-23)20-8-5-6-18(10-20)15-29/h3-13H,2,14-17,29H2,1H3,(H,30,33)(H,31,32). The molecule has 0 bridgehead atoms. The number of benzene rings is 3. The van der Waals surface area contributed by atoms with Crippen LogP contribution in [0.3, 0.4) is 0 Å². The molecule has 8 heteroatoms. The number of hydrogen-bond donors (Lipinski definition) is 3. The van der Waals surface area contributed by atoms with Crippen LogP contribution in [0.4, 0.5) is 4.79 Å². The molecule has 0 saturated heterocycles. The summed E-state index contributed by atoms with van der Waals surface area (Å²) in [6, 6.07) is 20.8. The van der Waals surface area contributed by atoms with Crippen LogP contribution in [0.1, 0.15) is 29.4 Å². The lowest BCUT2D eigenvalue weighted by Gasteiger charge is -2.12. The Hall–Kier alpha value is -4.30. The molecular formula is C28H28N2O6. The minimum Gasteiger partial charge on any atom is -0.489 e. The quantitative estimate of drug-likeness (QED) is 0.287. The van der Waals surface area contributed by atoms with Crippen molar-refractivity contribution in [3.8, 4) is 16.9 Å². The average Bonchev–Trinajstić information content (AvgIpc) is 3.29. The second-order valence-electron chi connectivity index (χ2n) is 8.22. The number of fused-ring (bicyclic) bond motifs is 1. The van der Waals surface area contributed by atoms with Crippen LogP contribution in [-0.2, 0) is 35.6 Å². The lowest BCUT2D eigenvalue weighted by molar-refractivity contribution is -0.136. The second kappa shape index (κ2) is 11.4. The number of rotatable bonds is 10. The van der Waals surface area contributed by atoms with Crippen molar-refractivity contribution >= 4 is 23.0 Å². The highest BCUT2D eigenvalue weighted by Crippen LogP contribution is 2.34. The molecule has 0 aliphatic carbocycles. The van der Waals surface area contributed by atoms with Gasteiger partial charge in [-0.3, -0.25) is 4.79 Å². The average molecular weight is 489 g/mol. The fraction of sp³-hybridized carbons (Fsp3) is 0.214. The lowest BCUT2D eigenvalue weighted by Crippen LogP contribution is -2.23. The van der Waals surface area contributed by atoms with E-state index in [4.69, 9.17) is 19.6 Å². The monoisotopic (exact) mass is 488 g/mol. The molecule has 0 radical (unpaired) electrons. The molecule has 1 aromatic heterocycles. The molecule has 4 rings (SSSR count). The van der Waals surface area contributed by atoms with Gasteiger partial charge >= 0.3 is 12.1 Å². The minimum atomic E-state index is -0.920. The number of para-hydroxylation sites is 1. The minimum absolute atomic E-state index is 0.120. The summed E-state index contributed by atoms with van der Waals surface area (Å²) in [5.74, 6) is 0.189. The second-order valence-corrected chi connectivity index (χ2v) is 8.22. The summed E-state index contributed by atoms with van der Waals surface area (Å²) in [7, 11) is 0. The SMILES string of the molecule is CCOC(=O)NCc1cc2cc(COc3ccccc3CC(=O)O)cc(-c3cccc(CN)c3)c2o1. The number of carbonyl (C=O) groups is 2. The zero-order valence-electron chi connectivity index (χ0n) is 20.0. The van der Waals surface area contributed by atoms with Gasteiger partial charge in [0.15, 0.2) is 0 Å². The number of hydrogen-bond acceptors (Lipinski definition) is 6. The zero-order chi connectivity index (χ0) is 25.5. The van der Waals surface area contributed by atoms with Crippen molar-refractivity contribution in [2.24, 2.45) is 5.73 Å². The van der Waals surface area contributed by atoms with E-state index in [-0.39, 0.29) is 26.2 Å². The van der Waals surface area contributed by atoms with Gasteiger partial charge in [-0.25, -0.2) is 4.79 Å². The zero-order valence-corrected chi connectivity index (χ0v) is 20.0. The Balaban J connectivity index is 1.68. The summed E-state index contributed by atoms with van der Waals surface area (Å²) in [4.78, 5) is 22.9. The number of aliphatic carboxylic acids is 1. The maximum absolute atomic E-state index is 11.7. The van der Waals surface area contributed by atoms with Crippen LogP contribution < -0.4 is 15.8 Å². The molecule has 186 valence electrons. The molecule has 0 spiro atoms. The predicted molar refractivity (Wildman–Crippen MR) is 136 cm³/mol. The normalized spacial score (nSPS) is 10.8. The largest absolute Gasteiger partial charge is 0.489 e. The van der Waals surface area contributed by atoms with Crippen molar-refractivity contribution in [1.29, 1.82) is 0 Å². The van der Waals surface area contributed by atoms with Gasteiger partial charge in [0, 0.05) is 23.1 Å². The van der Waals surface area contributed by atoms with Crippen LogP contribution in [-0.4, -0.2) is 23.8 Å². The predicted octanol–water partition coefficient (Wildman–Crippen LogP) is 5.01. The van der Waals surface area contributed by atoms with E-state index in [1.54, 1.807) is 25.1 Å². The number of amides is 1. The Kier molecular flexibility index (Phi) is 7.87. The molecule has 0 unspecified atom stereocenters. The molecule has 0 aliphatic rings. The molecule has 1 amide bonds. The van der Waals surface area contributed by atoms with Crippen LogP contribution in [0.5, 0.6) is 5.75 Å². The number of carboxylic acid groups (broad SMARTS) is 1. The van der Waals surface area contributed by atoms with Crippen LogP contribution in [0.25, 0.3) is 22.1 Å². The summed E-state index contributed by atoms with van der Waals surface area (Å²) < 4.78 is 17.1. The van der Waals surface area contributed by atoms with Crippen molar-refractivity contribution in [1.82, 2.24) is 5.32 Å². The molecule has 4 aromatic rings. The van der Waals surface area contributed by atoms with E-state index in [0.717, 1.165) is 27.6 Å². The Morgan fingerprint density at radius 1 is 1.03 bits per heavy atom. The Morgan fingerprint density at radius 3 is 2.64 bits per heavy atom. The third-order valence-electron chi connectivity index (χ3n) is 5.59.